The SMILES string of the molecule is CCCOc1cn(-c2ccccc2)nc1C(=O)N(C)CC(C)C(=O)O. The average Bonchev–Trinajstić information content (AvgIpc) is 3.03. The molecule has 0 aliphatic carbocycles. The predicted octanol–water partition coefficient (Wildman–Crippen LogP) is 2.45. The van der Waals surface area contributed by atoms with Gasteiger partial charge in [-0.25, -0.2) is 4.68 Å². The van der Waals surface area contributed by atoms with Crippen molar-refractivity contribution >= 4 is 11.9 Å². The second kappa shape index (κ2) is 8.32. The molecule has 0 aliphatic heterocycles. The number of aromatic nitrogens is 2. The standard InChI is InChI=1S/C18H23N3O4/c1-4-10-25-15-12-21(14-8-6-5-7-9-14)19-16(15)17(22)20(3)11-13(2)18(23)24/h5-9,12-13H,4,10-11H2,1-3H3,(H,23,24). The van der Waals surface area contributed by atoms with Crippen molar-refractivity contribution in [2.24, 2.45) is 5.92 Å². The van der Waals surface area contributed by atoms with Gasteiger partial charge in [0.05, 0.1) is 24.4 Å². The lowest BCUT2D eigenvalue weighted by Crippen LogP contribution is -2.34. The minimum Gasteiger partial charge on any atom is -0.489 e. The molecule has 0 saturated heterocycles. The summed E-state index contributed by atoms with van der Waals surface area (Å²) < 4.78 is 7.26. The van der Waals surface area contributed by atoms with Gasteiger partial charge in [0.25, 0.3) is 5.91 Å². The van der Waals surface area contributed by atoms with E-state index in [4.69, 9.17) is 9.84 Å². The molecule has 134 valence electrons. The number of carbonyl (C=O) groups excluding carboxylic acids is 1. The molecule has 1 N–H and O–H groups in total. The number of ether oxygens (including phenoxy) is 1. The van der Waals surface area contributed by atoms with Gasteiger partial charge in [-0.3, -0.25) is 9.59 Å². The van der Waals surface area contributed by atoms with Gasteiger partial charge in [0.15, 0.2) is 11.4 Å². The topological polar surface area (TPSA) is 84.7 Å². The van der Waals surface area contributed by atoms with Crippen molar-refractivity contribution in [2.75, 3.05) is 20.2 Å². The Bertz CT molecular complexity index is 727. The maximum atomic E-state index is 12.7. The largest absolute Gasteiger partial charge is 0.489 e. The van der Waals surface area contributed by atoms with Crippen LogP contribution in [0.1, 0.15) is 30.8 Å². The van der Waals surface area contributed by atoms with Gasteiger partial charge in [-0.15, -0.1) is 0 Å². The van der Waals surface area contributed by atoms with E-state index in [2.05, 4.69) is 5.10 Å². The van der Waals surface area contributed by atoms with Crippen molar-refractivity contribution in [1.82, 2.24) is 14.7 Å². The lowest BCUT2D eigenvalue weighted by molar-refractivity contribution is -0.141. The van der Waals surface area contributed by atoms with E-state index in [1.54, 1.807) is 24.9 Å². The quantitative estimate of drug-likeness (QED) is 0.794. The van der Waals surface area contributed by atoms with E-state index in [1.807, 2.05) is 37.3 Å². The first-order chi connectivity index (χ1) is 11.9. The number of benzene rings is 1. The molecule has 1 atom stereocenters. The summed E-state index contributed by atoms with van der Waals surface area (Å²) >= 11 is 0. The van der Waals surface area contributed by atoms with E-state index in [9.17, 15) is 9.59 Å². The molecule has 1 aromatic heterocycles. The normalized spacial score (nSPS) is 11.8. The van der Waals surface area contributed by atoms with E-state index >= 15 is 0 Å². The number of nitrogens with zero attached hydrogens (tertiary/aromatic N) is 3. The van der Waals surface area contributed by atoms with Crippen LogP contribution in [-0.4, -0.2) is 51.9 Å². The van der Waals surface area contributed by atoms with Gasteiger partial charge < -0.3 is 14.7 Å². The van der Waals surface area contributed by atoms with Crippen molar-refractivity contribution in [3.05, 3.63) is 42.2 Å². The third kappa shape index (κ3) is 4.59. The van der Waals surface area contributed by atoms with Crippen LogP contribution in [0.4, 0.5) is 0 Å². The lowest BCUT2D eigenvalue weighted by atomic mass is 10.1. The smallest absolute Gasteiger partial charge is 0.308 e. The summed E-state index contributed by atoms with van der Waals surface area (Å²) in [6, 6.07) is 9.41. The Morgan fingerprint density at radius 1 is 1.32 bits per heavy atom. The second-order valence-corrected chi connectivity index (χ2v) is 5.90. The molecule has 7 nitrogen and oxygen atoms in total. The fourth-order valence-corrected chi connectivity index (χ4v) is 2.29. The highest BCUT2D eigenvalue weighted by molar-refractivity contribution is 5.95. The van der Waals surface area contributed by atoms with Gasteiger partial charge in [0.1, 0.15) is 0 Å². The highest BCUT2D eigenvalue weighted by Crippen LogP contribution is 2.22. The van der Waals surface area contributed by atoms with Crippen molar-refractivity contribution in [1.29, 1.82) is 0 Å². The highest BCUT2D eigenvalue weighted by Gasteiger charge is 2.24. The van der Waals surface area contributed by atoms with Crippen LogP contribution in [0.5, 0.6) is 5.75 Å². The minimum absolute atomic E-state index is 0.0968. The molecule has 2 aromatic rings. The van der Waals surface area contributed by atoms with E-state index in [0.29, 0.717) is 12.4 Å². The van der Waals surface area contributed by atoms with Gasteiger partial charge in [0.2, 0.25) is 0 Å². The molecular formula is C18H23N3O4. The van der Waals surface area contributed by atoms with Crippen LogP contribution < -0.4 is 4.74 Å². The number of carboxylic acids is 1. The number of hydrogen-bond acceptors (Lipinski definition) is 4. The summed E-state index contributed by atoms with van der Waals surface area (Å²) in [6.45, 7) is 4.10. The van der Waals surface area contributed by atoms with Crippen LogP contribution in [0.3, 0.4) is 0 Å². The Morgan fingerprint density at radius 2 is 2.00 bits per heavy atom. The first kappa shape index (κ1) is 18.5. The molecule has 0 spiro atoms. The molecular weight excluding hydrogens is 322 g/mol. The molecule has 1 heterocycles. The summed E-state index contributed by atoms with van der Waals surface area (Å²) in [5, 5.41) is 13.4. The monoisotopic (exact) mass is 345 g/mol. The number of carboxylic acid groups (broad SMARTS) is 1. The summed E-state index contributed by atoms with van der Waals surface area (Å²) in [6.07, 6.45) is 2.47. The molecule has 0 bridgehead atoms. The zero-order valence-electron chi connectivity index (χ0n) is 14.7. The van der Waals surface area contributed by atoms with Crippen molar-refractivity contribution in [2.45, 2.75) is 20.3 Å². The van der Waals surface area contributed by atoms with Gasteiger partial charge in [-0.2, -0.15) is 5.10 Å². The van der Waals surface area contributed by atoms with E-state index in [0.717, 1.165) is 12.1 Å². The lowest BCUT2D eigenvalue weighted by Gasteiger charge is -2.18. The fourth-order valence-electron chi connectivity index (χ4n) is 2.29. The molecule has 7 heteroatoms. The maximum Gasteiger partial charge on any atom is 0.308 e. The van der Waals surface area contributed by atoms with Crippen molar-refractivity contribution in [3.63, 3.8) is 0 Å². The van der Waals surface area contributed by atoms with Gasteiger partial charge in [-0.1, -0.05) is 32.0 Å². The second-order valence-electron chi connectivity index (χ2n) is 5.90. The Morgan fingerprint density at radius 3 is 2.60 bits per heavy atom. The molecule has 1 amide bonds. The Balaban J connectivity index is 2.29. The highest BCUT2D eigenvalue weighted by atomic mass is 16.5. The summed E-state index contributed by atoms with van der Waals surface area (Å²) in [5.74, 6) is -1.58. The number of para-hydroxylation sites is 1. The van der Waals surface area contributed by atoms with Gasteiger partial charge in [-0.05, 0) is 18.6 Å². The summed E-state index contributed by atoms with van der Waals surface area (Å²) in [5.41, 5.74) is 0.988. The molecule has 2 rings (SSSR count). The molecule has 25 heavy (non-hydrogen) atoms. The van der Waals surface area contributed by atoms with Crippen molar-refractivity contribution in [3.8, 4) is 11.4 Å². The van der Waals surface area contributed by atoms with E-state index in [1.165, 1.54) is 4.90 Å². The zero-order chi connectivity index (χ0) is 18.4. The maximum absolute atomic E-state index is 12.7. The average molecular weight is 345 g/mol. The van der Waals surface area contributed by atoms with Crippen LogP contribution in [0, 0.1) is 5.92 Å². The van der Waals surface area contributed by atoms with Crippen LogP contribution in [0.2, 0.25) is 0 Å². The van der Waals surface area contributed by atoms with Gasteiger partial charge in [0, 0.05) is 13.6 Å². The van der Waals surface area contributed by atoms with E-state index in [-0.39, 0.29) is 18.1 Å². The third-order valence-electron chi connectivity index (χ3n) is 3.68. The number of rotatable bonds is 8. The number of carbonyl (C=O) groups is 2. The first-order valence-corrected chi connectivity index (χ1v) is 8.20. The summed E-state index contributed by atoms with van der Waals surface area (Å²) in [7, 11) is 1.56. The first-order valence-electron chi connectivity index (χ1n) is 8.20. The van der Waals surface area contributed by atoms with Crippen LogP contribution in [0.25, 0.3) is 5.69 Å². The van der Waals surface area contributed by atoms with Gasteiger partial charge >= 0.3 is 5.97 Å². The molecule has 0 saturated carbocycles. The Hall–Kier alpha value is -2.83. The van der Waals surface area contributed by atoms with Crippen LogP contribution in [-0.2, 0) is 4.79 Å². The molecule has 0 radical (unpaired) electrons. The summed E-state index contributed by atoms with van der Waals surface area (Å²) in [4.78, 5) is 25.1. The molecule has 1 aromatic carbocycles. The minimum atomic E-state index is -0.947. The number of aliphatic carboxylic acids is 1. The number of amides is 1. The predicted molar refractivity (Wildman–Crippen MR) is 93.1 cm³/mol. The van der Waals surface area contributed by atoms with E-state index < -0.39 is 11.9 Å². The number of hydrogen-bond donors (Lipinski definition) is 1. The Labute approximate surface area is 146 Å². The van der Waals surface area contributed by atoms with Crippen LogP contribution in [0.15, 0.2) is 36.5 Å². The third-order valence-corrected chi connectivity index (χ3v) is 3.68. The Kier molecular flexibility index (Phi) is 6.16. The van der Waals surface area contributed by atoms with Crippen LogP contribution >= 0.6 is 0 Å². The molecule has 1 unspecified atom stereocenters. The molecule has 0 aliphatic rings. The zero-order valence-corrected chi connectivity index (χ0v) is 14.7. The fraction of sp³-hybridized carbons (Fsp3) is 0.389. The van der Waals surface area contributed by atoms with Crippen molar-refractivity contribution < 1.29 is 19.4 Å². The molecule has 0 fully saturated rings.